The van der Waals surface area contributed by atoms with Gasteiger partial charge in [0.1, 0.15) is 0 Å². The van der Waals surface area contributed by atoms with Crippen molar-refractivity contribution in [3.63, 3.8) is 0 Å². The molecule has 1 unspecified atom stereocenters. The molecule has 0 spiro atoms. The first-order valence-electron chi connectivity index (χ1n) is 6.39. The Hall–Kier alpha value is -0.800. The van der Waals surface area contributed by atoms with Crippen LogP contribution in [0.2, 0.25) is 0 Å². The fraction of sp³-hybridized carbons (Fsp3) is 0.250. The first-order valence-corrected chi connectivity index (χ1v) is 7.97. The molecule has 0 aromatic heterocycles. The molecule has 3 heteroatoms. The van der Waals surface area contributed by atoms with E-state index < -0.39 is 0 Å². The minimum Gasteiger partial charge on any atom is -0.377 e. The third-order valence-corrected chi connectivity index (χ3v) is 4.78. The standard InChI is InChI=1S/C16H17Br2N/c1-3-14(12-7-9-13(17)10-8-12)19-15-6-4-5-11(2)16(15)18/h4-10,14,19H,3H2,1-2H3. The van der Waals surface area contributed by atoms with Crippen molar-refractivity contribution >= 4 is 37.5 Å². The number of hydrogen-bond donors (Lipinski definition) is 1. The van der Waals surface area contributed by atoms with E-state index in [1.54, 1.807) is 0 Å². The summed E-state index contributed by atoms with van der Waals surface area (Å²) in [5.74, 6) is 0. The van der Waals surface area contributed by atoms with Gasteiger partial charge in [-0.25, -0.2) is 0 Å². The number of nitrogens with one attached hydrogen (secondary N) is 1. The van der Waals surface area contributed by atoms with E-state index in [9.17, 15) is 0 Å². The van der Waals surface area contributed by atoms with Gasteiger partial charge in [0.15, 0.2) is 0 Å². The zero-order chi connectivity index (χ0) is 13.8. The van der Waals surface area contributed by atoms with Gasteiger partial charge in [-0.15, -0.1) is 0 Å². The summed E-state index contributed by atoms with van der Waals surface area (Å²) in [4.78, 5) is 0. The van der Waals surface area contributed by atoms with Gasteiger partial charge < -0.3 is 5.32 Å². The van der Waals surface area contributed by atoms with Crippen molar-refractivity contribution in [3.8, 4) is 0 Å². The van der Waals surface area contributed by atoms with Crippen LogP contribution in [0.4, 0.5) is 5.69 Å². The summed E-state index contributed by atoms with van der Waals surface area (Å²) < 4.78 is 2.26. The maximum atomic E-state index is 3.65. The van der Waals surface area contributed by atoms with Gasteiger partial charge in [0, 0.05) is 14.6 Å². The Morgan fingerprint density at radius 2 is 1.74 bits per heavy atom. The van der Waals surface area contributed by atoms with Crippen LogP contribution >= 0.6 is 31.9 Å². The molecule has 100 valence electrons. The zero-order valence-electron chi connectivity index (χ0n) is 11.1. The molecular formula is C16H17Br2N. The van der Waals surface area contributed by atoms with Crippen LogP contribution in [0.25, 0.3) is 0 Å². The van der Waals surface area contributed by atoms with Gasteiger partial charge in [-0.1, -0.05) is 47.1 Å². The molecule has 2 aromatic rings. The summed E-state index contributed by atoms with van der Waals surface area (Å²) in [6, 6.07) is 15.1. The van der Waals surface area contributed by atoms with Crippen LogP contribution in [0.3, 0.4) is 0 Å². The highest BCUT2D eigenvalue weighted by atomic mass is 79.9. The maximum absolute atomic E-state index is 3.65. The van der Waals surface area contributed by atoms with Crippen LogP contribution in [0, 0.1) is 6.92 Å². The number of halogens is 2. The van der Waals surface area contributed by atoms with E-state index in [-0.39, 0.29) is 0 Å². The van der Waals surface area contributed by atoms with Crippen molar-refractivity contribution < 1.29 is 0 Å². The minimum atomic E-state index is 0.325. The molecular weight excluding hydrogens is 366 g/mol. The Balaban J connectivity index is 2.24. The molecule has 1 atom stereocenters. The van der Waals surface area contributed by atoms with Crippen molar-refractivity contribution in [2.24, 2.45) is 0 Å². The zero-order valence-corrected chi connectivity index (χ0v) is 14.3. The van der Waals surface area contributed by atoms with Crippen molar-refractivity contribution in [3.05, 3.63) is 62.5 Å². The van der Waals surface area contributed by atoms with Gasteiger partial charge in [-0.2, -0.15) is 0 Å². The maximum Gasteiger partial charge on any atom is 0.0511 e. The highest BCUT2D eigenvalue weighted by Gasteiger charge is 2.11. The quantitative estimate of drug-likeness (QED) is 0.675. The molecule has 2 aromatic carbocycles. The summed E-state index contributed by atoms with van der Waals surface area (Å²) in [5.41, 5.74) is 3.70. The monoisotopic (exact) mass is 381 g/mol. The van der Waals surface area contributed by atoms with E-state index in [4.69, 9.17) is 0 Å². The topological polar surface area (TPSA) is 12.0 Å². The van der Waals surface area contributed by atoms with E-state index in [0.717, 1.165) is 21.1 Å². The minimum absolute atomic E-state index is 0.325. The molecule has 0 amide bonds. The Labute approximate surface area is 131 Å². The lowest BCUT2D eigenvalue weighted by Gasteiger charge is -2.20. The molecule has 1 nitrogen and oxygen atoms in total. The Morgan fingerprint density at radius 1 is 1.05 bits per heavy atom. The molecule has 0 aliphatic rings. The third-order valence-electron chi connectivity index (χ3n) is 3.20. The highest BCUT2D eigenvalue weighted by molar-refractivity contribution is 9.11. The van der Waals surface area contributed by atoms with Gasteiger partial charge in [0.25, 0.3) is 0 Å². The lowest BCUT2D eigenvalue weighted by atomic mass is 10.0. The Morgan fingerprint density at radius 3 is 2.37 bits per heavy atom. The molecule has 2 rings (SSSR count). The van der Waals surface area contributed by atoms with E-state index in [1.807, 2.05) is 0 Å². The number of anilines is 1. The number of aryl methyl sites for hydroxylation is 1. The summed E-state index contributed by atoms with van der Waals surface area (Å²) in [7, 11) is 0. The lowest BCUT2D eigenvalue weighted by molar-refractivity contribution is 0.748. The van der Waals surface area contributed by atoms with Crippen LogP contribution in [-0.2, 0) is 0 Å². The average molecular weight is 383 g/mol. The lowest BCUT2D eigenvalue weighted by Crippen LogP contribution is -2.10. The summed E-state index contributed by atoms with van der Waals surface area (Å²) in [6.45, 7) is 4.30. The van der Waals surface area contributed by atoms with Crippen LogP contribution in [0.15, 0.2) is 51.4 Å². The molecule has 19 heavy (non-hydrogen) atoms. The fourth-order valence-corrected chi connectivity index (χ4v) is 2.71. The van der Waals surface area contributed by atoms with E-state index in [1.165, 1.54) is 11.1 Å². The van der Waals surface area contributed by atoms with Crippen molar-refractivity contribution in [1.29, 1.82) is 0 Å². The van der Waals surface area contributed by atoms with E-state index in [2.05, 4.69) is 93.5 Å². The SMILES string of the molecule is CCC(Nc1cccc(C)c1Br)c1ccc(Br)cc1. The molecule has 0 aliphatic heterocycles. The molecule has 0 bridgehead atoms. The highest BCUT2D eigenvalue weighted by Crippen LogP contribution is 2.30. The molecule has 0 heterocycles. The second-order valence-electron chi connectivity index (χ2n) is 4.59. The molecule has 0 saturated carbocycles. The molecule has 0 radical (unpaired) electrons. The fourth-order valence-electron chi connectivity index (χ4n) is 2.06. The predicted octanol–water partition coefficient (Wildman–Crippen LogP) is 6.08. The number of benzene rings is 2. The molecule has 0 fully saturated rings. The van der Waals surface area contributed by atoms with Crippen molar-refractivity contribution in [2.45, 2.75) is 26.3 Å². The Kier molecular flexibility index (Phi) is 5.06. The second kappa shape index (κ2) is 6.58. The van der Waals surface area contributed by atoms with Crippen LogP contribution < -0.4 is 5.32 Å². The van der Waals surface area contributed by atoms with E-state index in [0.29, 0.717) is 6.04 Å². The summed E-state index contributed by atoms with van der Waals surface area (Å²) in [5, 5.41) is 3.61. The van der Waals surface area contributed by atoms with Gasteiger partial charge in [0.2, 0.25) is 0 Å². The number of hydrogen-bond acceptors (Lipinski definition) is 1. The summed E-state index contributed by atoms with van der Waals surface area (Å²) >= 11 is 7.13. The van der Waals surface area contributed by atoms with Gasteiger partial charge in [-0.3, -0.25) is 0 Å². The normalized spacial score (nSPS) is 12.2. The average Bonchev–Trinajstić information content (AvgIpc) is 2.42. The molecule has 0 aliphatic carbocycles. The smallest absolute Gasteiger partial charge is 0.0511 e. The second-order valence-corrected chi connectivity index (χ2v) is 6.30. The van der Waals surface area contributed by atoms with Crippen molar-refractivity contribution in [1.82, 2.24) is 0 Å². The van der Waals surface area contributed by atoms with Crippen molar-refractivity contribution in [2.75, 3.05) is 5.32 Å². The summed E-state index contributed by atoms with van der Waals surface area (Å²) in [6.07, 6.45) is 1.04. The Bertz CT molecular complexity index is 549. The third kappa shape index (κ3) is 3.61. The van der Waals surface area contributed by atoms with Crippen LogP contribution in [-0.4, -0.2) is 0 Å². The molecule has 0 saturated heterocycles. The van der Waals surface area contributed by atoms with Gasteiger partial charge in [-0.05, 0) is 58.6 Å². The molecule has 1 N–H and O–H groups in total. The predicted molar refractivity (Wildman–Crippen MR) is 89.7 cm³/mol. The van der Waals surface area contributed by atoms with Crippen LogP contribution in [0.1, 0.15) is 30.5 Å². The van der Waals surface area contributed by atoms with Gasteiger partial charge >= 0.3 is 0 Å². The first kappa shape index (κ1) is 14.6. The number of rotatable bonds is 4. The first-order chi connectivity index (χ1) is 9.11. The van der Waals surface area contributed by atoms with E-state index >= 15 is 0 Å². The van der Waals surface area contributed by atoms with Crippen LogP contribution in [0.5, 0.6) is 0 Å². The largest absolute Gasteiger partial charge is 0.377 e. The van der Waals surface area contributed by atoms with Gasteiger partial charge in [0.05, 0.1) is 6.04 Å².